The molecule has 0 spiro atoms. The van der Waals surface area contributed by atoms with Crippen LogP contribution in [0.1, 0.15) is 25.7 Å². The molecule has 5 nitrogen and oxygen atoms in total. The second-order valence-corrected chi connectivity index (χ2v) is 4.49. The number of nitrogens with one attached hydrogen (secondary N) is 1. The summed E-state index contributed by atoms with van der Waals surface area (Å²) in [6, 6.07) is 0. The van der Waals surface area contributed by atoms with Crippen molar-refractivity contribution >= 4 is 5.91 Å². The number of hydrogen-bond acceptors (Lipinski definition) is 4. The fourth-order valence-electron chi connectivity index (χ4n) is 2.04. The van der Waals surface area contributed by atoms with Crippen LogP contribution in [0.3, 0.4) is 0 Å². The summed E-state index contributed by atoms with van der Waals surface area (Å²) in [7, 11) is 2.11. The Labute approximate surface area is 97.3 Å². The molecule has 0 unspecified atom stereocenters. The zero-order valence-electron chi connectivity index (χ0n) is 10.1. The smallest absolute Gasteiger partial charge is 0.233 e. The highest BCUT2D eigenvalue weighted by molar-refractivity contribution is 5.75. The number of rotatable bonds is 6. The predicted octanol–water partition coefficient (Wildman–Crippen LogP) is 0.115. The molecule has 0 aromatic heterocycles. The summed E-state index contributed by atoms with van der Waals surface area (Å²) < 4.78 is 5.32. The molecular formula is C11H23N3O2. The summed E-state index contributed by atoms with van der Waals surface area (Å²) in [6.07, 6.45) is 3.69. The first kappa shape index (κ1) is 13.4. The van der Waals surface area contributed by atoms with Crippen LogP contribution in [0.5, 0.6) is 0 Å². The van der Waals surface area contributed by atoms with E-state index in [1.807, 2.05) is 0 Å². The predicted molar refractivity (Wildman–Crippen MR) is 62.6 cm³/mol. The molecule has 1 aliphatic heterocycles. The lowest BCUT2D eigenvalue weighted by Crippen LogP contribution is -2.32. The van der Waals surface area contributed by atoms with E-state index in [4.69, 9.17) is 10.6 Å². The zero-order chi connectivity index (χ0) is 11.8. The highest BCUT2D eigenvalue weighted by Gasteiger charge is 2.15. The third kappa shape index (κ3) is 5.44. The van der Waals surface area contributed by atoms with Crippen LogP contribution in [-0.4, -0.2) is 44.2 Å². The molecule has 0 aromatic rings. The first-order valence-corrected chi connectivity index (χ1v) is 5.98. The number of nitrogens with zero attached hydrogens (tertiary/aromatic N) is 1. The number of hydrogen-bond donors (Lipinski definition) is 2. The van der Waals surface area contributed by atoms with Crippen LogP contribution >= 0.6 is 0 Å². The van der Waals surface area contributed by atoms with E-state index < -0.39 is 0 Å². The van der Waals surface area contributed by atoms with Crippen LogP contribution in [0.15, 0.2) is 0 Å². The highest BCUT2D eigenvalue weighted by Crippen LogP contribution is 2.15. The van der Waals surface area contributed by atoms with Crippen molar-refractivity contribution in [2.45, 2.75) is 25.7 Å². The maximum Gasteiger partial charge on any atom is 0.233 e. The lowest BCUT2D eigenvalue weighted by Gasteiger charge is -2.27. The second kappa shape index (κ2) is 7.60. The van der Waals surface area contributed by atoms with Gasteiger partial charge in [-0.25, -0.2) is 5.84 Å². The lowest BCUT2D eigenvalue weighted by atomic mass is 10.00. The molecule has 0 radical (unpaired) electrons. The van der Waals surface area contributed by atoms with Crippen molar-refractivity contribution in [3.63, 3.8) is 0 Å². The average Bonchev–Trinajstić information content (AvgIpc) is 2.30. The second-order valence-electron chi connectivity index (χ2n) is 4.49. The monoisotopic (exact) mass is 229 g/mol. The van der Waals surface area contributed by atoms with Gasteiger partial charge in [-0.15, -0.1) is 0 Å². The van der Waals surface area contributed by atoms with E-state index in [0.717, 1.165) is 51.5 Å². The van der Waals surface area contributed by atoms with Crippen molar-refractivity contribution < 1.29 is 9.53 Å². The van der Waals surface area contributed by atoms with E-state index in [1.165, 1.54) is 0 Å². The van der Waals surface area contributed by atoms with E-state index in [0.29, 0.717) is 6.42 Å². The maximum atomic E-state index is 10.9. The molecule has 0 aromatic carbocycles. The molecule has 16 heavy (non-hydrogen) atoms. The van der Waals surface area contributed by atoms with Gasteiger partial charge in [-0.3, -0.25) is 10.2 Å². The molecule has 3 N–H and O–H groups in total. The SMILES string of the molecule is CN(CCCC(=O)NN)CC1CCOCC1. The molecule has 0 bridgehead atoms. The summed E-state index contributed by atoms with van der Waals surface area (Å²) in [5, 5.41) is 0. The molecule has 0 atom stereocenters. The van der Waals surface area contributed by atoms with Crippen LogP contribution in [-0.2, 0) is 9.53 Å². The third-order valence-electron chi connectivity index (χ3n) is 3.02. The van der Waals surface area contributed by atoms with Crippen LogP contribution < -0.4 is 11.3 Å². The highest BCUT2D eigenvalue weighted by atomic mass is 16.5. The molecule has 0 saturated carbocycles. The van der Waals surface area contributed by atoms with Gasteiger partial charge in [-0.05, 0) is 38.8 Å². The lowest BCUT2D eigenvalue weighted by molar-refractivity contribution is -0.121. The van der Waals surface area contributed by atoms with E-state index in [-0.39, 0.29) is 5.91 Å². The van der Waals surface area contributed by atoms with Gasteiger partial charge >= 0.3 is 0 Å². The van der Waals surface area contributed by atoms with Gasteiger partial charge in [0.05, 0.1) is 0 Å². The molecular weight excluding hydrogens is 206 g/mol. The average molecular weight is 229 g/mol. The van der Waals surface area contributed by atoms with Crippen LogP contribution in [0.25, 0.3) is 0 Å². The van der Waals surface area contributed by atoms with Crippen LogP contribution in [0.4, 0.5) is 0 Å². The standard InChI is InChI=1S/C11H23N3O2/c1-14(6-2-3-11(15)13-12)9-10-4-7-16-8-5-10/h10H,2-9,12H2,1H3,(H,13,15). The summed E-state index contributed by atoms with van der Waals surface area (Å²) in [5.41, 5.74) is 2.15. The molecule has 1 heterocycles. The number of carbonyl (C=O) groups is 1. The van der Waals surface area contributed by atoms with Crippen molar-refractivity contribution in [1.82, 2.24) is 10.3 Å². The Balaban J connectivity index is 2.05. The maximum absolute atomic E-state index is 10.9. The number of hydrazine groups is 1. The van der Waals surface area contributed by atoms with Gasteiger partial charge < -0.3 is 9.64 Å². The minimum Gasteiger partial charge on any atom is -0.381 e. The van der Waals surface area contributed by atoms with Gasteiger partial charge in [-0.2, -0.15) is 0 Å². The largest absolute Gasteiger partial charge is 0.381 e. The Morgan fingerprint density at radius 1 is 1.50 bits per heavy atom. The van der Waals surface area contributed by atoms with E-state index in [9.17, 15) is 4.79 Å². The van der Waals surface area contributed by atoms with E-state index in [2.05, 4.69) is 17.4 Å². The Bertz CT molecular complexity index is 205. The fourth-order valence-corrected chi connectivity index (χ4v) is 2.04. The molecule has 1 saturated heterocycles. The van der Waals surface area contributed by atoms with Crippen molar-refractivity contribution in [2.75, 3.05) is 33.4 Å². The van der Waals surface area contributed by atoms with Gasteiger partial charge in [-0.1, -0.05) is 0 Å². The fraction of sp³-hybridized carbons (Fsp3) is 0.909. The first-order valence-electron chi connectivity index (χ1n) is 5.98. The number of ether oxygens (including phenoxy) is 1. The first-order chi connectivity index (χ1) is 7.72. The van der Waals surface area contributed by atoms with Crippen molar-refractivity contribution in [3.05, 3.63) is 0 Å². The van der Waals surface area contributed by atoms with E-state index >= 15 is 0 Å². The van der Waals surface area contributed by atoms with Crippen LogP contribution in [0.2, 0.25) is 0 Å². The Morgan fingerprint density at radius 3 is 2.81 bits per heavy atom. The van der Waals surface area contributed by atoms with Crippen molar-refractivity contribution in [2.24, 2.45) is 11.8 Å². The summed E-state index contributed by atoms with van der Waals surface area (Å²) in [4.78, 5) is 13.2. The van der Waals surface area contributed by atoms with Gasteiger partial charge in [0, 0.05) is 26.2 Å². The Morgan fingerprint density at radius 2 is 2.19 bits per heavy atom. The van der Waals surface area contributed by atoms with Gasteiger partial charge in [0.2, 0.25) is 5.91 Å². The number of amides is 1. The number of nitrogens with two attached hydrogens (primary N) is 1. The summed E-state index contributed by atoms with van der Waals surface area (Å²) >= 11 is 0. The summed E-state index contributed by atoms with van der Waals surface area (Å²) in [6.45, 7) is 3.85. The molecule has 1 aliphatic rings. The molecule has 5 heteroatoms. The normalized spacial score (nSPS) is 17.7. The third-order valence-corrected chi connectivity index (χ3v) is 3.02. The quantitative estimate of drug-likeness (QED) is 0.385. The topological polar surface area (TPSA) is 67.6 Å². The Hall–Kier alpha value is -0.650. The molecule has 1 amide bonds. The molecule has 1 rings (SSSR count). The number of carbonyl (C=O) groups excluding carboxylic acids is 1. The molecule has 0 aliphatic carbocycles. The van der Waals surface area contributed by atoms with Crippen molar-refractivity contribution in [3.8, 4) is 0 Å². The van der Waals surface area contributed by atoms with Gasteiger partial charge in [0.25, 0.3) is 0 Å². The minimum atomic E-state index is -0.0838. The Kier molecular flexibility index (Phi) is 6.37. The zero-order valence-corrected chi connectivity index (χ0v) is 10.1. The van der Waals surface area contributed by atoms with Crippen LogP contribution in [0, 0.1) is 5.92 Å². The van der Waals surface area contributed by atoms with Gasteiger partial charge in [0.15, 0.2) is 0 Å². The minimum absolute atomic E-state index is 0.0838. The summed E-state index contributed by atoms with van der Waals surface area (Å²) in [5.74, 6) is 5.68. The van der Waals surface area contributed by atoms with Gasteiger partial charge in [0.1, 0.15) is 0 Å². The van der Waals surface area contributed by atoms with Crippen molar-refractivity contribution in [1.29, 1.82) is 0 Å². The van der Waals surface area contributed by atoms with E-state index in [1.54, 1.807) is 0 Å². The molecule has 1 fully saturated rings. The molecule has 94 valence electrons.